The maximum absolute atomic E-state index is 13.4. The first-order valence-corrected chi connectivity index (χ1v) is 5.24. The second kappa shape index (κ2) is 3.56. The molecule has 0 atom stereocenters. The van der Waals surface area contributed by atoms with Crippen LogP contribution < -0.4 is 0 Å². The molecule has 0 saturated heterocycles. The zero-order valence-corrected chi connectivity index (χ0v) is 8.94. The molecule has 0 bridgehead atoms. The highest BCUT2D eigenvalue weighted by molar-refractivity contribution is 4.91. The van der Waals surface area contributed by atoms with Crippen molar-refractivity contribution in [3.05, 3.63) is 0 Å². The van der Waals surface area contributed by atoms with Gasteiger partial charge in [0.05, 0.1) is 5.60 Å². The lowest BCUT2D eigenvalue weighted by atomic mass is 9.74. The van der Waals surface area contributed by atoms with Gasteiger partial charge in [-0.05, 0) is 44.9 Å². The zero-order valence-electron chi connectivity index (χ0n) is 8.94. The maximum atomic E-state index is 13.4. The SMILES string of the molecule is CC(C)CC1(O)CCC(C)(F)CC1. The van der Waals surface area contributed by atoms with Crippen molar-refractivity contribution < 1.29 is 9.50 Å². The van der Waals surface area contributed by atoms with E-state index in [0.717, 1.165) is 6.42 Å². The van der Waals surface area contributed by atoms with E-state index < -0.39 is 11.3 Å². The summed E-state index contributed by atoms with van der Waals surface area (Å²) < 4.78 is 13.4. The number of hydrogen-bond donors (Lipinski definition) is 1. The van der Waals surface area contributed by atoms with Crippen molar-refractivity contribution in [2.45, 2.75) is 64.1 Å². The molecule has 2 heteroatoms. The third kappa shape index (κ3) is 3.26. The molecule has 1 aliphatic rings. The molecule has 1 saturated carbocycles. The van der Waals surface area contributed by atoms with Gasteiger partial charge in [-0.3, -0.25) is 0 Å². The molecular formula is C11H21FO. The molecule has 0 aromatic carbocycles. The number of rotatable bonds is 2. The van der Waals surface area contributed by atoms with Crippen LogP contribution in [0.1, 0.15) is 52.9 Å². The molecule has 1 nitrogen and oxygen atoms in total. The molecule has 1 N–H and O–H groups in total. The second-order valence-electron chi connectivity index (χ2n) is 5.24. The van der Waals surface area contributed by atoms with Crippen molar-refractivity contribution in [2.75, 3.05) is 0 Å². The van der Waals surface area contributed by atoms with Crippen LogP contribution in [-0.2, 0) is 0 Å². The van der Waals surface area contributed by atoms with Crippen molar-refractivity contribution in [1.82, 2.24) is 0 Å². The lowest BCUT2D eigenvalue weighted by Gasteiger charge is -2.38. The molecule has 78 valence electrons. The summed E-state index contributed by atoms with van der Waals surface area (Å²) in [4.78, 5) is 0. The van der Waals surface area contributed by atoms with Gasteiger partial charge < -0.3 is 5.11 Å². The van der Waals surface area contributed by atoms with Crippen molar-refractivity contribution in [3.63, 3.8) is 0 Å². The average Bonchev–Trinajstić information content (AvgIpc) is 1.95. The number of alkyl halides is 1. The first kappa shape index (κ1) is 11.0. The summed E-state index contributed by atoms with van der Waals surface area (Å²) in [7, 11) is 0. The van der Waals surface area contributed by atoms with Crippen LogP contribution in [0.4, 0.5) is 4.39 Å². The van der Waals surface area contributed by atoms with Crippen molar-refractivity contribution >= 4 is 0 Å². The molecule has 1 fully saturated rings. The Hall–Kier alpha value is -0.110. The van der Waals surface area contributed by atoms with Crippen LogP contribution in [0.15, 0.2) is 0 Å². The third-order valence-corrected chi connectivity index (χ3v) is 3.01. The fraction of sp³-hybridized carbons (Fsp3) is 1.00. The molecule has 0 heterocycles. The van der Waals surface area contributed by atoms with E-state index in [9.17, 15) is 9.50 Å². The van der Waals surface area contributed by atoms with E-state index in [1.807, 2.05) is 0 Å². The van der Waals surface area contributed by atoms with Crippen LogP contribution in [0, 0.1) is 5.92 Å². The molecular weight excluding hydrogens is 167 g/mol. The Morgan fingerprint density at radius 2 is 1.69 bits per heavy atom. The molecule has 1 rings (SSSR count). The summed E-state index contributed by atoms with van der Waals surface area (Å²) in [6.45, 7) is 5.84. The fourth-order valence-corrected chi connectivity index (χ4v) is 2.20. The lowest BCUT2D eigenvalue weighted by molar-refractivity contribution is -0.0526. The van der Waals surface area contributed by atoms with Gasteiger partial charge in [0.25, 0.3) is 0 Å². The molecule has 0 aromatic rings. The number of aliphatic hydroxyl groups is 1. The normalized spacial score (nSPS) is 41.1. The summed E-state index contributed by atoms with van der Waals surface area (Å²) in [5.41, 5.74) is -1.62. The predicted octanol–water partition coefficient (Wildman–Crippen LogP) is 3.07. The Kier molecular flexibility index (Phi) is 3.01. The maximum Gasteiger partial charge on any atom is 0.108 e. The van der Waals surface area contributed by atoms with Crippen LogP contribution in [0.5, 0.6) is 0 Å². The van der Waals surface area contributed by atoms with E-state index >= 15 is 0 Å². The first-order chi connectivity index (χ1) is 5.83. The van der Waals surface area contributed by atoms with Gasteiger partial charge in [-0.1, -0.05) is 13.8 Å². The van der Waals surface area contributed by atoms with E-state index in [-0.39, 0.29) is 0 Å². The molecule has 0 amide bonds. The quantitative estimate of drug-likeness (QED) is 0.706. The number of hydrogen-bond acceptors (Lipinski definition) is 1. The summed E-state index contributed by atoms with van der Waals surface area (Å²) in [6, 6.07) is 0. The Morgan fingerprint density at radius 3 is 2.08 bits per heavy atom. The van der Waals surface area contributed by atoms with Crippen molar-refractivity contribution in [3.8, 4) is 0 Å². The van der Waals surface area contributed by atoms with E-state index in [2.05, 4.69) is 13.8 Å². The highest BCUT2D eigenvalue weighted by Crippen LogP contribution is 2.39. The predicted molar refractivity (Wildman–Crippen MR) is 52.4 cm³/mol. The third-order valence-electron chi connectivity index (χ3n) is 3.01. The summed E-state index contributed by atoms with van der Waals surface area (Å²) >= 11 is 0. The van der Waals surface area contributed by atoms with Gasteiger partial charge in [0.2, 0.25) is 0 Å². The molecule has 0 aromatic heterocycles. The highest BCUT2D eigenvalue weighted by atomic mass is 19.1. The minimum atomic E-state index is -1.04. The number of halogens is 1. The van der Waals surface area contributed by atoms with Crippen molar-refractivity contribution in [2.24, 2.45) is 5.92 Å². The van der Waals surface area contributed by atoms with Gasteiger partial charge in [0.15, 0.2) is 0 Å². The van der Waals surface area contributed by atoms with Crippen LogP contribution in [0.2, 0.25) is 0 Å². The highest BCUT2D eigenvalue weighted by Gasteiger charge is 2.39. The molecule has 0 aliphatic heterocycles. The lowest BCUT2D eigenvalue weighted by Crippen LogP contribution is -2.39. The van der Waals surface area contributed by atoms with E-state index in [4.69, 9.17) is 0 Å². The molecule has 1 aliphatic carbocycles. The Bertz CT molecular complexity index is 165. The van der Waals surface area contributed by atoms with Gasteiger partial charge in [0, 0.05) is 0 Å². The van der Waals surface area contributed by atoms with Crippen LogP contribution in [0.3, 0.4) is 0 Å². The molecule has 0 radical (unpaired) electrons. The second-order valence-corrected chi connectivity index (χ2v) is 5.24. The monoisotopic (exact) mass is 188 g/mol. The largest absolute Gasteiger partial charge is 0.390 e. The Morgan fingerprint density at radius 1 is 1.23 bits per heavy atom. The van der Waals surface area contributed by atoms with E-state index in [1.54, 1.807) is 6.92 Å². The van der Waals surface area contributed by atoms with E-state index in [0.29, 0.717) is 31.6 Å². The van der Waals surface area contributed by atoms with Gasteiger partial charge in [0.1, 0.15) is 5.67 Å². The minimum absolute atomic E-state index is 0.494. The van der Waals surface area contributed by atoms with Gasteiger partial charge >= 0.3 is 0 Å². The molecule has 0 spiro atoms. The Labute approximate surface area is 80.3 Å². The first-order valence-electron chi connectivity index (χ1n) is 5.24. The standard InChI is InChI=1S/C11H21FO/c1-9(2)8-11(13)6-4-10(3,12)5-7-11/h9,13H,4-8H2,1-3H3. The summed E-state index contributed by atoms with van der Waals surface area (Å²) in [5.74, 6) is 0.494. The van der Waals surface area contributed by atoms with Crippen LogP contribution >= 0.6 is 0 Å². The Balaban J connectivity index is 2.47. The zero-order chi connectivity index (χ0) is 10.1. The molecule has 13 heavy (non-hydrogen) atoms. The van der Waals surface area contributed by atoms with Crippen molar-refractivity contribution in [1.29, 1.82) is 0 Å². The fourth-order valence-electron chi connectivity index (χ4n) is 2.20. The smallest absolute Gasteiger partial charge is 0.108 e. The minimum Gasteiger partial charge on any atom is -0.390 e. The summed E-state index contributed by atoms with van der Waals surface area (Å²) in [5, 5.41) is 10.1. The van der Waals surface area contributed by atoms with Gasteiger partial charge in [-0.2, -0.15) is 0 Å². The van der Waals surface area contributed by atoms with Crippen LogP contribution in [0.25, 0.3) is 0 Å². The van der Waals surface area contributed by atoms with Crippen LogP contribution in [-0.4, -0.2) is 16.4 Å². The van der Waals surface area contributed by atoms with E-state index in [1.165, 1.54) is 0 Å². The molecule has 0 unspecified atom stereocenters. The van der Waals surface area contributed by atoms with Gasteiger partial charge in [-0.25, -0.2) is 4.39 Å². The topological polar surface area (TPSA) is 20.2 Å². The summed E-state index contributed by atoms with van der Waals surface area (Å²) in [6.07, 6.45) is 3.08. The van der Waals surface area contributed by atoms with Gasteiger partial charge in [-0.15, -0.1) is 0 Å². The average molecular weight is 188 g/mol.